The normalized spacial score (nSPS) is 11.0. The van der Waals surface area contributed by atoms with Crippen LogP contribution in [-0.4, -0.2) is 24.9 Å². The Kier molecular flexibility index (Phi) is 9.23. The quantitative estimate of drug-likeness (QED) is 0.436. The maximum Gasteiger partial charge on any atom is 0.167 e. The van der Waals surface area contributed by atoms with Gasteiger partial charge in [-0.05, 0) is 12.3 Å². The van der Waals surface area contributed by atoms with Gasteiger partial charge >= 0.3 is 0 Å². The molecule has 0 radical (unpaired) electrons. The van der Waals surface area contributed by atoms with Crippen LogP contribution in [0.1, 0.15) is 20.3 Å². The molecule has 12 heavy (non-hydrogen) atoms. The van der Waals surface area contributed by atoms with Crippen molar-refractivity contribution in [2.24, 2.45) is 5.92 Å². The van der Waals surface area contributed by atoms with Gasteiger partial charge in [-0.1, -0.05) is 25.4 Å². The Bertz CT molecular complexity index is 167. The van der Waals surface area contributed by atoms with Crippen molar-refractivity contribution in [1.82, 2.24) is 0 Å². The standard InChI is InChI=1S/C9H17ClN.ClH/c1-8(2)5-9(6-10)7-11(3)4;/h6-8H,5H2,1-4H3;1H/q+1;/p-1/b9-6+;. The van der Waals surface area contributed by atoms with Crippen molar-refractivity contribution in [1.29, 1.82) is 0 Å². The fourth-order valence-corrected chi connectivity index (χ4v) is 1.07. The monoisotopic (exact) mass is 209 g/mol. The molecular weight excluding hydrogens is 193 g/mol. The van der Waals surface area contributed by atoms with E-state index >= 15 is 0 Å². The first-order valence-electron chi connectivity index (χ1n) is 3.86. The second kappa shape index (κ2) is 7.63. The molecule has 0 aliphatic rings. The molecule has 0 amide bonds. The van der Waals surface area contributed by atoms with E-state index in [0.717, 1.165) is 6.42 Å². The van der Waals surface area contributed by atoms with Gasteiger partial charge in [-0.15, -0.1) is 0 Å². The SMILES string of the molecule is CC(C)C/C(C=[N+](C)C)=C\Cl.[Cl-]. The molecule has 0 atom stereocenters. The summed E-state index contributed by atoms with van der Waals surface area (Å²) in [6, 6.07) is 0. The summed E-state index contributed by atoms with van der Waals surface area (Å²) < 4.78 is 2.01. The molecule has 0 spiro atoms. The van der Waals surface area contributed by atoms with Gasteiger partial charge in [-0.25, -0.2) is 4.58 Å². The van der Waals surface area contributed by atoms with Gasteiger partial charge in [0, 0.05) is 11.1 Å². The van der Waals surface area contributed by atoms with Crippen molar-refractivity contribution in [3.05, 3.63) is 11.1 Å². The molecular formula is C9H17Cl2N. The molecule has 0 saturated heterocycles. The van der Waals surface area contributed by atoms with Crippen LogP contribution < -0.4 is 12.4 Å². The highest BCUT2D eigenvalue weighted by Crippen LogP contribution is 2.09. The molecule has 0 unspecified atom stereocenters. The van der Waals surface area contributed by atoms with Crippen molar-refractivity contribution >= 4 is 17.8 Å². The summed E-state index contributed by atoms with van der Waals surface area (Å²) in [7, 11) is 4.00. The van der Waals surface area contributed by atoms with E-state index in [1.54, 1.807) is 5.54 Å². The number of allylic oxidation sites excluding steroid dienone is 1. The molecule has 0 saturated carbocycles. The van der Waals surface area contributed by atoms with Crippen LogP contribution in [0.4, 0.5) is 0 Å². The van der Waals surface area contributed by atoms with Gasteiger partial charge < -0.3 is 12.4 Å². The molecule has 0 aliphatic heterocycles. The average Bonchev–Trinajstić information content (AvgIpc) is 1.84. The molecule has 72 valence electrons. The zero-order chi connectivity index (χ0) is 8.85. The highest BCUT2D eigenvalue weighted by Gasteiger charge is 2.00. The largest absolute Gasteiger partial charge is 1.00 e. The van der Waals surface area contributed by atoms with E-state index in [9.17, 15) is 0 Å². The third kappa shape index (κ3) is 8.09. The fraction of sp³-hybridized carbons (Fsp3) is 0.667. The molecule has 0 aromatic carbocycles. The Labute approximate surface area is 86.5 Å². The lowest BCUT2D eigenvalue weighted by molar-refractivity contribution is -0.459. The molecule has 3 heteroatoms. The third-order valence-electron chi connectivity index (χ3n) is 1.21. The molecule has 0 aromatic heterocycles. The summed E-state index contributed by atoms with van der Waals surface area (Å²) in [6.07, 6.45) is 3.09. The third-order valence-corrected chi connectivity index (χ3v) is 1.49. The zero-order valence-electron chi connectivity index (χ0n) is 8.14. The predicted molar refractivity (Wildman–Crippen MR) is 51.6 cm³/mol. The van der Waals surface area contributed by atoms with Gasteiger partial charge in [0.2, 0.25) is 0 Å². The van der Waals surface area contributed by atoms with Crippen molar-refractivity contribution in [3.63, 3.8) is 0 Å². The van der Waals surface area contributed by atoms with Gasteiger partial charge in [0.05, 0.1) is 0 Å². The van der Waals surface area contributed by atoms with Crippen LogP contribution in [0.3, 0.4) is 0 Å². The van der Waals surface area contributed by atoms with E-state index in [2.05, 4.69) is 13.8 Å². The number of hydrogen-bond acceptors (Lipinski definition) is 0. The highest BCUT2D eigenvalue weighted by molar-refractivity contribution is 6.26. The molecule has 0 N–H and O–H groups in total. The minimum atomic E-state index is 0. The predicted octanol–water partition coefficient (Wildman–Crippen LogP) is -0.498. The van der Waals surface area contributed by atoms with Gasteiger partial charge in [-0.3, -0.25) is 0 Å². The lowest BCUT2D eigenvalue weighted by Gasteiger charge is -2.01. The maximum atomic E-state index is 5.64. The van der Waals surface area contributed by atoms with Crippen LogP contribution in [0.25, 0.3) is 0 Å². The van der Waals surface area contributed by atoms with Gasteiger partial charge in [0.25, 0.3) is 0 Å². The molecule has 0 aliphatic carbocycles. The minimum Gasteiger partial charge on any atom is -1.00 e. The topological polar surface area (TPSA) is 3.01 Å². The Morgan fingerprint density at radius 3 is 2.17 bits per heavy atom. The summed E-state index contributed by atoms with van der Waals surface area (Å²) in [6.45, 7) is 4.37. The summed E-state index contributed by atoms with van der Waals surface area (Å²) in [5, 5.41) is 0. The Morgan fingerprint density at radius 2 is 1.92 bits per heavy atom. The van der Waals surface area contributed by atoms with E-state index in [4.69, 9.17) is 11.6 Å². The second-order valence-electron chi connectivity index (χ2n) is 3.37. The Balaban J connectivity index is 0. The van der Waals surface area contributed by atoms with E-state index < -0.39 is 0 Å². The van der Waals surface area contributed by atoms with Gasteiger partial charge in [0.1, 0.15) is 14.1 Å². The number of halogens is 2. The molecule has 0 aromatic rings. The molecule has 0 bridgehead atoms. The van der Waals surface area contributed by atoms with E-state index in [-0.39, 0.29) is 12.4 Å². The summed E-state index contributed by atoms with van der Waals surface area (Å²) in [4.78, 5) is 0. The van der Waals surface area contributed by atoms with Crippen molar-refractivity contribution in [2.75, 3.05) is 14.1 Å². The van der Waals surface area contributed by atoms with Crippen molar-refractivity contribution in [3.8, 4) is 0 Å². The fourth-order valence-electron chi connectivity index (χ4n) is 0.928. The van der Waals surface area contributed by atoms with Gasteiger partial charge in [0.15, 0.2) is 6.21 Å². The van der Waals surface area contributed by atoms with Crippen LogP contribution >= 0.6 is 11.6 Å². The van der Waals surface area contributed by atoms with Crippen LogP contribution in [0, 0.1) is 5.92 Å². The first kappa shape index (κ1) is 14.5. The summed E-state index contributed by atoms with van der Waals surface area (Å²) >= 11 is 5.64. The summed E-state index contributed by atoms with van der Waals surface area (Å²) in [5.41, 5.74) is 2.84. The smallest absolute Gasteiger partial charge is 0.167 e. The van der Waals surface area contributed by atoms with Crippen LogP contribution in [0.15, 0.2) is 11.1 Å². The van der Waals surface area contributed by atoms with Crippen LogP contribution in [0.5, 0.6) is 0 Å². The number of rotatable bonds is 3. The maximum absolute atomic E-state index is 5.64. The van der Waals surface area contributed by atoms with E-state index in [1.165, 1.54) is 5.57 Å². The average molecular weight is 210 g/mol. The highest BCUT2D eigenvalue weighted by atomic mass is 35.5. The van der Waals surface area contributed by atoms with E-state index in [0.29, 0.717) is 5.92 Å². The van der Waals surface area contributed by atoms with E-state index in [1.807, 2.05) is 24.9 Å². The lowest BCUT2D eigenvalue weighted by atomic mass is 10.1. The number of hydrogen-bond donors (Lipinski definition) is 0. The zero-order valence-corrected chi connectivity index (χ0v) is 9.65. The molecule has 0 rings (SSSR count). The number of nitrogens with zero attached hydrogens (tertiary/aromatic N) is 1. The van der Waals surface area contributed by atoms with Crippen LogP contribution in [0.2, 0.25) is 0 Å². The summed E-state index contributed by atoms with van der Waals surface area (Å²) in [5.74, 6) is 0.663. The first-order chi connectivity index (χ1) is 5.06. The molecule has 1 nitrogen and oxygen atoms in total. The van der Waals surface area contributed by atoms with Crippen molar-refractivity contribution < 1.29 is 17.0 Å². The molecule has 0 fully saturated rings. The Morgan fingerprint density at radius 1 is 1.42 bits per heavy atom. The van der Waals surface area contributed by atoms with Crippen LogP contribution in [-0.2, 0) is 0 Å². The Hall–Kier alpha value is -0.0100. The lowest BCUT2D eigenvalue weighted by Crippen LogP contribution is -3.00. The van der Waals surface area contributed by atoms with Gasteiger partial charge in [-0.2, -0.15) is 0 Å². The second-order valence-corrected chi connectivity index (χ2v) is 3.59. The first-order valence-corrected chi connectivity index (χ1v) is 4.30. The minimum absolute atomic E-state index is 0. The molecule has 0 heterocycles. The van der Waals surface area contributed by atoms with Crippen molar-refractivity contribution in [2.45, 2.75) is 20.3 Å².